The molecule has 20 heavy (non-hydrogen) atoms. The summed E-state index contributed by atoms with van der Waals surface area (Å²) in [4.78, 5) is 4.94. The maximum absolute atomic E-state index is 10.1. The Morgan fingerprint density at radius 3 is 2.65 bits per heavy atom. The van der Waals surface area contributed by atoms with Crippen LogP contribution in [0.15, 0.2) is 30.3 Å². The summed E-state index contributed by atoms with van der Waals surface area (Å²) in [5.41, 5.74) is 1.33. The van der Waals surface area contributed by atoms with Crippen molar-refractivity contribution in [1.82, 2.24) is 9.80 Å². The van der Waals surface area contributed by atoms with Crippen LogP contribution in [0.25, 0.3) is 0 Å². The van der Waals surface area contributed by atoms with Gasteiger partial charge in [0.2, 0.25) is 0 Å². The van der Waals surface area contributed by atoms with E-state index in [4.69, 9.17) is 0 Å². The Balaban J connectivity index is 1.95. The number of aliphatic hydroxyl groups excluding tert-OH is 1. The van der Waals surface area contributed by atoms with Gasteiger partial charge in [-0.1, -0.05) is 43.7 Å². The lowest BCUT2D eigenvalue weighted by Gasteiger charge is -2.43. The fourth-order valence-electron chi connectivity index (χ4n) is 2.96. The molecule has 0 unspecified atom stereocenters. The average Bonchev–Trinajstić information content (AvgIpc) is 2.47. The van der Waals surface area contributed by atoms with Gasteiger partial charge in [0, 0.05) is 32.2 Å². The second-order valence-electron chi connectivity index (χ2n) is 5.92. The van der Waals surface area contributed by atoms with Crippen molar-refractivity contribution < 1.29 is 5.11 Å². The molecule has 1 fully saturated rings. The molecular formula is C17H28N2O. The van der Waals surface area contributed by atoms with Gasteiger partial charge in [0.1, 0.15) is 0 Å². The van der Waals surface area contributed by atoms with Gasteiger partial charge in [0.15, 0.2) is 0 Å². The normalized spacial score (nSPS) is 22.9. The zero-order valence-corrected chi connectivity index (χ0v) is 12.8. The van der Waals surface area contributed by atoms with E-state index in [-0.39, 0.29) is 12.1 Å². The topological polar surface area (TPSA) is 26.7 Å². The summed E-state index contributed by atoms with van der Waals surface area (Å²) in [5, 5.41) is 10.1. The van der Waals surface area contributed by atoms with Crippen molar-refractivity contribution in [1.29, 1.82) is 0 Å². The standard InChI is InChI=1S/C17H28N2O/c1-3-4-10-18-11-12-19(17(14-18)15(2)20)13-16-8-6-5-7-9-16/h5-9,15,17,20H,3-4,10-14H2,1-2H3/t15-,17-/m0/s1. The lowest BCUT2D eigenvalue weighted by atomic mass is 10.0. The summed E-state index contributed by atoms with van der Waals surface area (Å²) >= 11 is 0. The smallest absolute Gasteiger partial charge is 0.0679 e. The van der Waals surface area contributed by atoms with Gasteiger partial charge >= 0.3 is 0 Å². The van der Waals surface area contributed by atoms with E-state index in [1.807, 2.05) is 6.92 Å². The van der Waals surface area contributed by atoms with Gasteiger partial charge in [-0.3, -0.25) is 4.90 Å². The van der Waals surface area contributed by atoms with Crippen LogP contribution in [0.1, 0.15) is 32.3 Å². The van der Waals surface area contributed by atoms with Crippen LogP contribution in [0.5, 0.6) is 0 Å². The molecule has 2 atom stereocenters. The number of aliphatic hydroxyl groups is 1. The van der Waals surface area contributed by atoms with E-state index in [1.165, 1.54) is 24.9 Å². The summed E-state index contributed by atoms with van der Waals surface area (Å²) in [5.74, 6) is 0. The lowest BCUT2D eigenvalue weighted by molar-refractivity contribution is -0.00333. The van der Waals surface area contributed by atoms with E-state index in [0.29, 0.717) is 0 Å². The van der Waals surface area contributed by atoms with Crippen LogP contribution in [0.3, 0.4) is 0 Å². The van der Waals surface area contributed by atoms with Crippen LogP contribution < -0.4 is 0 Å². The monoisotopic (exact) mass is 276 g/mol. The quantitative estimate of drug-likeness (QED) is 0.864. The van der Waals surface area contributed by atoms with E-state index in [1.54, 1.807) is 0 Å². The van der Waals surface area contributed by atoms with Gasteiger partial charge in [0.25, 0.3) is 0 Å². The highest BCUT2D eigenvalue weighted by Crippen LogP contribution is 2.17. The molecule has 0 aliphatic carbocycles. The number of hydrogen-bond donors (Lipinski definition) is 1. The number of rotatable bonds is 6. The van der Waals surface area contributed by atoms with Crippen molar-refractivity contribution >= 4 is 0 Å². The Kier molecular flexibility index (Phi) is 6.02. The molecule has 0 amide bonds. The molecule has 1 aliphatic heterocycles. The zero-order valence-electron chi connectivity index (χ0n) is 12.8. The van der Waals surface area contributed by atoms with Crippen LogP contribution in [0.2, 0.25) is 0 Å². The summed E-state index contributed by atoms with van der Waals surface area (Å²) in [6.45, 7) is 9.43. The molecule has 112 valence electrons. The molecule has 1 N–H and O–H groups in total. The Morgan fingerprint density at radius 1 is 1.25 bits per heavy atom. The van der Waals surface area contributed by atoms with Gasteiger partial charge in [-0.05, 0) is 25.5 Å². The molecule has 2 rings (SSSR count). The largest absolute Gasteiger partial charge is 0.392 e. The predicted octanol–water partition coefficient (Wildman–Crippen LogP) is 2.35. The Labute approximate surface area is 123 Å². The third-order valence-corrected chi connectivity index (χ3v) is 4.23. The lowest BCUT2D eigenvalue weighted by Crippen LogP contribution is -2.56. The van der Waals surface area contributed by atoms with Gasteiger partial charge in [-0.15, -0.1) is 0 Å². The fraction of sp³-hybridized carbons (Fsp3) is 0.647. The Hall–Kier alpha value is -0.900. The summed E-state index contributed by atoms with van der Waals surface area (Å²) in [7, 11) is 0. The van der Waals surface area contributed by atoms with Gasteiger partial charge in [0.05, 0.1) is 6.10 Å². The Morgan fingerprint density at radius 2 is 2.00 bits per heavy atom. The maximum atomic E-state index is 10.1. The highest BCUT2D eigenvalue weighted by atomic mass is 16.3. The van der Waals surface area contributed by atoms with E-state index >= 15 is 0 Å². The van der Waals surface area contributed by atoms with Crippen LogP contribution in [-0.4, -0.2) is 53.2 Å². The molecule has 1 heterocycles. The summed E-state index contributed by atoms with van der Waals surface area (Å²) in [6, 6.07) is 10.8. The van der Waals surface area contributed by atoms with Crippen molar-refractivity contribution in [3.05, 3.63) is 35.9 Å². The van der Waals surface area contributed by atoms with Gasteiger partial charge < -0.3 is 10.0 Å². The predicted molar refractivity (Wildman–Crippen MR) is 83.7 cm³/mol. The van der Waals surface area contributed by atoms with Crippen molar-refractivity contribution in [2.45, 2.75) is 45.4 Å². The molecule has 1 aliphatic rings. The van der Waals surface area contributed by atoms with Crippen molar-refractivity contribution in [2.24, 2.45) is 0 Å². The summed E-state index contributed by atoms with van der Waals surface area (Å²) in [6.07, 6.45) is 2.22. The number of hydrogen-bond acceptors (Lipinski definition) is 3. The molecule has 0 spiro atoms. The van der Waals surface area contributed by atoms with Crippen molar-refractivity contribution in [3.63, 3.8) is 0 Å². The Bertz CT molecular complexity index is 380. The SMILES string of the molecule is CCCCN1CCN(Cc2ccccc2)[C@H]([C@H](C)O)C1. The molecule has 1 aromatic carbocycles. The second kappa shape index (κ2) is 7.77. The molecule has 1 saturated heterocycles. The fourth-order valence-corrected chi connectivity index (χ4v) is 2.96. The zero-order chi connectivity index (χ0) is 14.4. The number of unbranched alkanes of at least 4 members (excludes halogenated alkanes) is 1. The van der Waals surface area contributed by atoms with Crippen molar-refractivity contribution in [2.75, 3.05) is 26.2 Å². The first-order valence-corrected chi connectivity index (χ1v) is 7.89. The minimum Gasteiger partial charge on any atom is -0.392 e. The molecular weight excluding hydrogens is 248 g/mol. The maximum Gasteiger partial charge on any atom is 0.0679 e. The van der Waals surface area contributed by atoms with Crippen LogP contribution in [0.4, 0.5) is 0 Å². The third-order valence-electron chi connectivity index (χ3n) is 4.23. The first kappa shape index (κ1) is 15.5. The minimum absolute atomic E-state index is 0.251. The van der Waals surface area contributed by atoms with Crippen molar-refractivity contribution in [3.8, 4) is 0 Å². The van der Waals surface area contributed by atoms with Crippen LogP contribution >= 0.6 is 0 Å². The molecule has 0 radical (unpaired) electrons. The molecule has 0 saturated carbocycles. The van der Waals surface area contributed by atoms with E-state index in [0.717, 1.165) is 26.2 Å². The molecule has 0 bridgehead atoms. The molecule has 0 aromatic heterocycles. The number of piperazine rings is 1. The van der Waals surface area contributed by atoms with Gasteiger partial charge in [-0.2, -0.15) is 0 Å². The highest BCUT2D eigenvalue weighted by Gasteiger charge is 2.29. The van der Waals surface area contributed by atoms with Crippen LogP contribution in [0, 0.1) is 0 Å². The minimum atomic E-state index is -0.275. The molecule has 3 heteroatoms. The molecule has 3 nitrogen and oxygen atoms in total. The van der Waals surface area contributed by atoms with E-state index in [2.05, 4.69) is 47.1 Å². The van der Waals surface area contributed by atoms with E-state index < -0.39 is 0 Å². The van der Waals surface area contributed by atoms with E-state index in [9.17, 15) is 5.11 Å². The number of nitrogens with zero attached hydrogens (tertiary/aromatic N) is 2. The third kappa shape index (κ3) is 4.30. The summed E-state index contributed by atoms with van der Waals surface area (Å²) < 4.78 is 0. The first-order valence-electron chi connectivity index (χ1n) is 7.89. The van der Waals surface area contributed by atoms with Crippen LogP contribution in [-0.2, 0) is 6.54 Å². The number of benzene rings is 1. The second-order valence-corrected chi connectivity index (χ2v) is 5.92. The highest BCUT2D eigenvalue weighted by molar-refractivity contribution is 5.14. The average molecular weight is 276 g/mol. The first-order chi connectivity index (χ1) is 9.70. The molecule has 1 aromatic rings. The van der Waals surface area contributed by atoms with Gasteiger partial charge in [-0.25, -0.2) is 0 Å².